The lowest BCUT2D eigenvalue weighted by atomic mass is 9.70. The van der Waals surface area contributed by atoms with Crippen molar-refractivity contribution in [1.82, 2.24) is 10.2 Å². The molecule has 0 aromatic rings. The number of hydrogen-bond acceptors (Lipinski definition) is 6. The largest absolute Gasteiger partial charge is 0.466 e. The van der Waals surface area contributed by atoms with Crippen molar-refractivity contribution in [2.24, 2.45) is 11.8 Å². The maximum Gasteiger partial charge on any atom is 0.312 e. The first-order valence-electron chi connectivity index (χ1n) is 11.1. The monoisotopic (exact) mass is 408 g/mol. The van der Waals surface area contributed by atoms with Gasteiger partial charge >= 0.3 is 5.97 Å². The Kier molecular flexibility index (Phi) is 5.84. The molecule has 4 aliphatic rings. The summed E-state index contributed by atoms with van der Waals surface area (Å²) >= 11 is 0. The molecule has 162 valence electrons. The predicted molar refractivity (Wildman–Crippen MR) is 103 cm³/mol. The molecule has 3 heterocycles. The summed E-state index contributed by atoms with van der Waals surface area (Å²) in [5, 5.41) is 12.5. The molecule has 2 N–H and O–H groups in total. The van der Waals surface area contributed by atoms with Crippen LogP contribution >= 0.6 is 0 Å². The fourth-order valence-corrected chi connectivity index (χ4v) is 5.97. The molecule has 3 aliphatic heterocycles. The highest BCUT2D eigenvalue weighted by molar-refractivity contribution is 5.98. The summed E-state index contributed by atoms with van der Waals surface area (Å²) in [6.07, 6.45) is 6.54. The van der Waals surface area contributed by atoms with Gasteiger partial charge in [-0.3, -0.25) is 14.4 Å². The van der Waals surface area contributed by atoms with E-state index in [0.29, 0.717) is 19.3 Å². The van der Waals surface area contributed by atoms with Gasteiger partial charge in [0.15, 0.2) is 0 Å². The molecule has 5 atom stereocenters. The molecule has 1 aliphatic carbocycles. The second-order valence-corrected chi connectivity index (χ2v) is 8.76. The molecule has 1 saturated carbocycles. The fourth-order valence-electron chi connectivity index (χ4n) is 5.97. The van der Waals surface area contributed by atoms with Gasteiger partial charge in [-0.25, -0.2) is 0 Å². The summed E-state index contributed by atoms with van der Waals surface area (Å²) in [5.41, 5.74) is -0.965. The van der Waals surface area contributed by atoms with Gasteiger partial charge in [0.05, 0.1) is 24.5 Å². The van der Waals surface area contributed by atoms with Crippen molar-refractivity contribution in [2.75, 3.05) is 19.8 Å². The van der Waals surface area contributed by atoms with Crippen LogP contribution in [0.1, 0.15) is 58.3 Å². The van der Waals surface area contributed by atoms with Gasteiger partial charge in [0.25, 0.3) is 0 Å². The molecule has 1 spiro atoms. The third kappa shape index (κ3) is 3.34. The molecular formula is C21H32N2O6. The first-order valence-corrected chi connectivity index (χ1v) is 11.1. The molecule has 8 heteroatoms. The second kappa shape index (κ2) is 8.22. The van der Waals surface area contributed by atoms with E-state index in [2.05, 4.69) is 5.32 Å². The lowest BCUT2D eigenvalue weighted by Gasteiger charge is -2.35. The normalized spacial score (nSPS) is 36.3. The lowest BCUT2D eigenvalue weighted by Crippen LogP contribution is -2.57. The molecule has 3 saturated heterocycles. The van der Waals surface area contributed by atoms with Crippen LogP contribution in [0.2, 0.25) is 0 Å². The van der Waals surface area contributed by atoms with E-state index in [1.807, 2.05) is 0 Å². The summed E-state index contributed by atoms with van der Waals surface area (Å²) in [5.74, 6) is -2.15. The summed E-state index contributed by atoms with van der Waals surface area (Å²) in [4.78, 5) is 40.9. The van der Waals surface area contributed by atoms with Gasteiger partial charge in [0, 0.05) is 19.2 Å². The number of aliphatic hydroxyl groups is 1. The van der Waals surface area contributed by atoms with Gasteiger partial charge in [0.1, 0.15) is 11.6 Å². The van der Waals surface area contributed by atoms with Crippen molar-refractivity contribution in [3.8, 4) is 0 Å². The molecule has 4 fully saturated rings. The Bertz CT molecular complexity index is 664. The van der Waals surface area contributed by atoms with Gasteiger partial charge in [-0.1, -0.05) is 19.3 Å². The molecule has 0 aromatic heterocycles. The Morgan fingerprint density at radius 2 is 2.03 bits per heavy atom. The zero-order valence-electron chi connectivity index (χ0n) is 17.1. The molecule has 4 rings (SSSR count). The Labute approximate surface area is 171 Å². The Morgan fingerprint density at radius 1 is 1.28 bits per heavy atom. The highest BCUT2D eigenvalue weighted by Crippen LogP contribution is 2.58. The first kappa shape index (κ1) is 20.6. The third-order valence-electron chi connectivity index (χ3n) is 7.12. The van der Waals surface area contributed by atoms with Crippen molar-refractivity contribution in [3.05, 3.63) is 0 Å². The van der Waals surface area contributed by atoms with Crippen molar-refractivity contribution < 1.29 is 29.0 Å². The smallest absolute Gasteiger partial charge is 0.312 e. The van der Waals surface area contributed by atoms with Crippen LogP contribution < -0.4 is 5.32 Å². The van der Waals surface area contributed by atoms with E-state index in [9.17, 15) is 19.5 Å². The molecule has 0 radical (unpaired) electrons. The minimum absolute atomic E-state index is 0.0663. The highest BCUT2D eigenvalue weighted by Gasteiger charge is 2.74. The summed E-state index contributed by atoms with van der Waals surface area (Å²) in [6.45, 7) is 2.20. The molecule has 2 unspecified atom stereocenters. The molecular weight excluding hydrogens is 376 g/mol. The standard InChI is InChI=1S/C21H32N2O6/c1-2-28-20(27)15-14-9-10-21(29-14)16(15)19(26)23(11-6-12-24)17(21)18(25)22-13-7-4-3-5-8-13/h13-17,24H,2-12H2,1H3,(H,22,25)/t14-,15+,16-,17?,21?/m0/s1. The van der Waals surface area contributed by atoms with Gasteiger partial charge in [-0.05, 0) is 39.0 Å². The molecule has 29 heavy (non-hydrogen) atoms. The number of nitrogens with one attached hydrogen (secondary N) is 1. The van der Waals surface area contributed by atoms with E-state index < -0.39 is 29.4 Å². The minimum atomic E-state index is -0.965. The SMILES string of the molecule is CCOC(=O)[C@@H]1[C@@H]2CCC3(O2)C(C(=O)NC2CCCCC2)N(CCCO)C(=O)[C@H]13. The van der Waals surface area contributed by atoms with E-state index >= 15 is 0 Å². The van der Waals surface area contributed by atoms with Crippen LogP contribution in [-0.2, 0) is 23.9 Å². The van der Waals surface area contributed by atoms with Crippen LogP contribution in [0.15, 0.2) is 0 Å². The zero-order valence-corrected chi connectivity index (χ0v) is 17.1. The Balaban J connectivity index is 1.62. The lowest BCUT2D eigenvalue weighted by molar-refractivity contribution is -0.154. The number of nitrogens with zero attached hydrogens (tertiary/aromatic N) is 1. The molecule has 0 aromatic carbocycles. The quantitative estimate of drug-likeness (QED) is 0.603. The first-order chi connectivity index (χ1) is 14.0. The number of hydrogen-bond donors (Lipinski definition) is 2. The number of amides is 2. The summed E-state index contributed by atoms with van der Waals surface area (Å²) in [7, 11) is 0. The van der Waals surface area contributed by atoms with E-state index in [0.717, 1.165) is 25.7 Å². The van der Waals surface area contributed by atoms with Crippen molar-refractivity contribution in [3.63, 3.8) is 0 Å². The topological polar surface area (TPSA) is 105 Å². The second-order valence-electron chi connectivity index (χ2n) is 8.76. The number of rotatable bonds is 7. The fraction of sp³-hybridized carbons (Fsp3) is 0.857. The average molecular weight is 408 g/mol. The Morgan fingerprint density at radius 3 is 2.72 bits per heavy atom. The number of aliphatic hydroxyl groups excluding tert-OH is 1. The number of likely N-dealkylation sites (tertiary alicyclic amines) is 1. The van der Waals surface area contributed by atoms with E-state index in [-0.39, 0.29) is 43.7 Å². The van der Waals surface area contributed by atoms with Crippen LogP contribution in [0, 0.1) is 11.8 Å². The average Bonchev–Trinajstić information content (AvgIpc) is 3.34. The van der Waals surface area contributed by atoms with Gasteiger partial charge in [-0.15, -0.1) is 0 Å². The maximum absolute atomic E-state index is 13.4. The van der Waals surface area contributed by atoms with Crippen LogP contribution in [0.5, 0.6) is 0 Å². The van der Waals surface area contributed by atoms with Crippen molar-refractivity contribution in [1.29, 1.82) is 0 Å². The van der Waals surface area contributed by atoms with Crippen LogP contribution in [0.4, 0.5) is 0 Å². The van der Waals surface area contributed by atoms with E-state index in [1.54, 1.807) is 11.8 Å². The van der Waals surface area contributed by atoms with Gasteiger partial charge < -0.3 is 24.8 Å². The van der Waals surface area contributed by atoms with E-state index in [4.69, 9.17) is 9.47 Å². The van der Waals surface area contributed by atoms with Crippen molar-refractivity contribution >= 4 is 17.8 Å². The number of carbonyl (C=O) groups excluding carboxylic acids is 3. The molecule has 2 bridgehead atoms. The number of carbonyl (C=O) groups is 3. The summed E-state index contributed by atoms with van der Waals surface area (Å²) in [6, 6.07) is -0.626. The van der Waals surface area contributed by atoms with E-state index in [1.165, 1.54) is 6.42 Å². The Hall–Kier alpha value is -1.67. The summed E-state index contributed by atoms with van der Waals surface area (Å²) < 4.78 is 11.5. The van der Waals surface area contributed by atoms with Gasteiger partial charge in [0.2, 0.25) is 11.8 Å². The maximum atomic E-state index is 13.4. The minimum Gasteiger partial charge on any atom is -0.466 e. The third-order valence-corrected chi connectivity index (χ3v) is 7.12. The molecule has 8 nitrogen and oxygen atoms in total. The van der Waals surface area contributed by atoms with Crippen LogP contribution in [-0.4, -0.2) is 71.3 Å². The van der Waals surface area contributed by atoms with Crippen LogP contribution in [0.25, 0.3) is 0 Å². The predicted octanol–water partition coefficient (Wildman–Crippen LogP) is 0.755. The van der Waals surface area contributed by atoms with Gasteiger partial charge in [-0.2, -0.15) is 0 Å². The highest BCUT2D eigenvalue weighted by atomic mass is 16.6. The van der Waals surface area contributed by atoms with Crippen LogP contribution in [0.3, 0.4) is 0 Å². The number of ether oxygens (including phenoxy) is 2. The number of fused-ring (bicyclic) bond motifs is 1. The zero-order chi connectivity index (χ0) is 20.6. The number of esters is 1. The van der Waals surface area contributed by atoms with Crippen molar-refractivity contribution in [2.45, 2.75) is 82.1 Å². The molecule has 2 amide bonds.